The summed E-state index contributed by atoms with van der Waals surface area (Å²) in [6, 6.07) is 0. The molecule has 1 rings (SSSR count). The Kier molecular flexibility index (Phi) is 9.91. The standard InChI is InChI=1S/C13H27IN2/c14-8-3-4-9-15-10-7-13-16-11-5-1-2-6-12-16/h15H,1-13H2. The molecule has 0 bridgehead atoms. The number of rotatable bonds is 8. The Morgan fingerprint density at radius 3 is 2.25 bits per heavy atom. The van der Waals surface area contributed by atoms with Crippen LogP contribution in [0, 0.1) is 0 Å². The third-order valence-corrected chi connectivity index (χ3v) is 4.03. The number of likely N-dealkylation sites (tertiary alicyclic amines) is 1. The summed E-state index contributed by atoms with van der Waals surface area (Å²) < 4.78 is 1.30. The lowest BCUT2D eigenvalue weighted by atomic mass is 10.2. The molecular weight excluding hydrogens is 311 g/mol. The summed E-state index contributed by atoms with van der Waals surface area (Å²) in [4.78, 5) is 2.65. The number of nitrogens with one attached hydrogen (secondary N) is 1. The second kappa shape index (κ2) is 10.8. The van der Waals surface area contributed by atoms with Gasteiger partial charge in [-0.15, -0.1) is 0 Å². The maximum atomic E-state index is 3.55. The highest BCUT2D eigenvalue weighted by Crippen LogP contribution is 2.09. The average molecular weight is 338 g/mol. The summed E-state index contributed by atoms with van der Waals surface area (Å²) in [5.74, 6) is 0. The van der Waals surface area contributed by atoms with E-state index in [1.54, 1.807) is 0 Å². The van der Waals surface area contributed by atoms with Crippen molar-refractivity contribution in [3.8, 4) is 0 Å². The summed E-state index contributed by atoms with van der Waals surface area (Å²) in [6.07, 6.45) is 9.76. The van der Waals surface area contributed by atoms with Gasteiger partial charge < -0.3 is 10.2 Å². The fourth-order valence-electron chi connectivity index (χ4n) is 2.26. The highest BCUT2D eigenvalue weighted by atomic mass is 127. The Balaban J connectivity index is 1.86. The van der Waals surface area contributed by atoms with Crippen molar-refractivity contribution in [2.45, 2.75) is 44.9 Å². The molecule has 0 aliphatic carbocycles. The van der Waals surface area contributed by atoms with E-state index in [0.29, 0.717) is 0 Å². The lowest BCUT2D eigenvalue weighted by Crippen LogP contribution is -2.28. The number of nitrogens with zero attached hydrogens (tertiary/aromatic N) is 1. The minimum Gasteiger partial charge on any atom is -0.317 e. The van der Waals surface area contributed by atoms with Crippen molar-refractivity contribution in [1.29, 1.82) is 0 Å². The molecule has 1 aliphatic heterocycles. The molecule has 1 heterocycles. The molecule has 1 aliphatic rings. The minimum absolute atomic E-state index is 1.21. The Morgan fingerprint density at radius 2 is 1.56 bits per heavy atom. The normalized spacial score (nSPS) is 18.6. The topological polar surface area (TPSA) is 15.3 Å². The quantitative estimate of drug-likeness (QED) is 0.416. The molecule has 0 aromatic heterocycles. The maximum Gasteiger partial charge on any atom is -0.000426 e. The van der Waals surface area contributed by atoms with Gasteiger partial charge in [0.1, 0.15) is 0 Å². The molecule has 1 saturated heterocycles. The van der Waals surface area contributed by atoms with Gasteiger partial charge in [-0.3, -0.25) is 0 Å². The minimum atomic E-state index is 1.21. The van der Waals surface area contributed by atoms with Crippen LogP contribution in [-0.2, 0) is 0 Å². The number of unbranched alkanes of at least 4 members (excludes halogenated alkanes) is 1. The lowest BCUT2D eigenvalue weighted by molar-refractivity contribution is 0.280. The Bertz CT molecular complexity index is 145. The summed E-state index contributed by atoms with van der Waals surface area (Å²) in [7, 11) is 0. The van der Waals surface area contributed by atoms with E-state index >= 15 is 0 Å². The number of halogens is 1. The van der Waals surface area contributed by atoms with Crippen LogP contribution in [0.4, 0.5) is 0 Å². The molecule has 0 radical (unpaired) electrons. The van der Waals surface area contributed by atoms with Crippen LogP contribution in [0.2, 0.25) is 0 Å². The van der Waals surface area contributed by atoms with Gasteiger partial charge in [0, 0.05) is 0 Å². The summed E-state index contributed by atoms with van der Waals surface area (Å²) >= 11 is 2.45. The highest BCUT2D eigenvalue weighted by Gasteiger charge is 2.07. The molecule has 0 aromatic rings. The average Bonchev–Trinajstić information content (AvgIpc) is 2.56. The first-order chi connectivity index (χ1) is 7.93. The van der Waals surface area contributed by atoms with Crippen LogP contribution in [0.25, 0.3) is 0 Å². The molecule has 0 unspecified atom stereocenters. The van der Waals surface area contributed by atoms with Crippen LogP contribution in [0.3, 0.4) is 0 Å². The lowest BCUT2D eigenvalue weighted by Gasteiger charge is -2.19. The molecule has 0 aromatic carbocycles. The second-order valence-corrected chi connectivity index (χ2v) is 5.83. The summed E-state index contributed by atoms with van der Waals surface area (Å²) in [5, 5.41) is 3.55. The molecular formula is C13H27IN2. The fraction of sp³-hybridized carbons (Fsp3) is 1.00. The number of hydrogen-bond acceptors (Lipinski definition) is 2. The zero-order valence-electron chi connectivity index (χ0n) is 10.5. The van der Waals surface area contributed by atoms with Crippen molar-refractivity contribution in [3.05, 3.63) is 0 Å². The van der Waals surface area contributed by atoms with Gasteiger partial charge in [-0.25, -0.2) is 0 Å². The van der Waals surface area contributed by atoms with Crippen molar-refractivity contribution < 1.29 is 0 Å². The Morgan fingerprint density at radius 1 is 0.875 bits per heavy atom. The monoisotopic (exact) mass is 338 g/mol. The largest absolute Gasteiger partial charge is 0.317 e. The summed E-state index contributed by atoms with van der Waals surface area (Å²) in [5.41, 5.74) is 0. The second-order valence-electron chi connectivity index (χ2n) is 4.76. The van der Waals surface area contributed by atoms with Crippen LogP contribution in [0.5, 0.6) is 0 Å². The van der Waals surface area contributed by atoms with Crippen molar-refractivity contribution in [2.24, 2.45) is 0 Å². The van der Waals surface area contributed by atoms with Gasteiger partial charge in [-0.2, -0.15) is 0 Å². The Labute approximate surface area is 115 Å². The molecule has 1 fully saturated rings. The van der Waals surface area contributed by atoms with Crippen molar-refractivity contribution in [2.75, 3.05) is 37.2 Å². The first kappa shape index (κ1) is 14.7. The van der Waals surface area contributed by atoms with Crippen molar-refractivity contribution in [1.82, 2.24) is 10.2 Å². The van der Waals surface area contributed by atoms with E-state index in [2.05, 4.69) is 32.8 Å². The maximum absolute atomic E-state index is 3.55. The van der Waals surface area contributed by atoms with E-state index in [9.17, 15) is 0 Å². The van der Waals surface area contributed by atoms with Gasteiger partial charge in [0.05, 0.1) is 0 Å². The zero-order valence-corrected chi connectivity index (χ0v) is 12.7. The first-order valence-electron chi connectivity index (χ1n) is 6.92. The van der Waals surface area contributed by atoms with Gasteiger partial charge in [0.15, 0.2) is 0 Å². The van der Waals surface area contributed by atoms with Crippen LogP contribution in [0.15, 0.2) is 0 Å². The van der Waals surface area contributed by atoms with Gasteiger partial charge in [0.2, 0.25) is 0 Å². The van der Waals surface area contributed by atoms with Gasteiger partial charge >= 0.3 is 0 Å². The van der Waals surface area contributed by atoms with E-state index in [0.717, 1.165) is 0 Å². The van der Waals surface area contributed by atoms with Gasteiger partial charge in [0.25, 0.3) is 0 Å². The molecule has 1 N–H and O–H groups in total. The molecule has 0 atom stereocenters. The molecule has 3 heteroatoms. The third-order valence-electron chi connectivity index (χ3n) is 3.26. The molecule has 2 nitrogen and oxygen atoms in total. The third kappa shape index (κ3) is 7.85. The number of alkyl halides is 1. The van der Waals surface area contributed by atoms with E-state index in [-0.39, 0.29) is 0 Å². The van der Waals surface area contributed by atoms with Crippen LogP contribution in [-0.4, -0.2) is 42.1 Å². The predicted molar refractivity (Wildman–Crippen MR) is 80.5 cm³/mol. The van der Waals surface area contributed by atoms with Crippen LogP contribution in [0.1, 0.15) is 44.9 Å². The van der Waals surface area contributed by atoms with E-state index < -0.39 is 0 Å². The smallest absolute Gasteiger partial charge is 0.000426 e. The highest BCUT2D eigenvalue weighted by molar-refractivity contribution is 14.1. The molecule has 0 saturated carbocycles. The van der Waals surface area contributed by atoms with Crippen molar-refractivity contribution >= 4 is 22.6 Å². The van der Waals surface area contributed by atoms with E-state index in [1.165, 1.54) is 82.1 Å². The first-order valence-corrected chi connectivity index (χ1v) is 8.45. The Hall–Kier alpha value is 0.650. The predicted octanol–water partition coefficient (Wildman–Crippen LogP) is 3.06. The number of hydrogen-bond donors (Lipinski definition) is 1. The molecule has 96 valence electrons. The zero-order chi connectivity index (χ0) is 11.5. The van der Waals surface area contributed by atoms with Gasteiger partial charge in [-0.05, 0) is 69.3 Å². The van der Waals surface area contributed by atoms with Crippen LogP contribution < -0.4 is 5.32 Å². The fourth-order valence-corrected chi connectivity index (χ4v) is 2.80. The van der Waals surface area contributed by atoms with Crippen LogP contribution >= 0.6 is 22.6 Å². The van der Waals surface area contributed by atoms with Gasteiger partial charge in [-0.1, -0.05) is 35.4 Å². The van der Waals surface area contributed by atoms with E-state index in [1.807, 2.05) is 0 Å². The SMILES string of the molecule is ICCCCNCCCN1CCCCCC1. The van der Waals surface area contributed by atoms with Crippen molar-refractivity contribution in [3.63, 3.8) is 0 Å². The molecule has 0 spiro atoms. The summed E-state index contributed by atoms with van der Waals surface area (Å²) in [6.45, 7) is 6.41. The van der Waals surface area contributed by atoms with E-state index in [4.69, 9.17) is 0 Å². The molecule has 0 amide bonds. The molecule has 16 heavy (non-hydrogen) atoms.